The summed E-state index contributed by atoms with van der Waals surface area (Å²) in [5, 5.41) is 2.83. The van der Waals surface area contributed by atoms with Gasteiger partial charge < -0.3 is 10.1 Å². The Morgan fingerprint density at radius 1 is 1.12 bits per heavy atom. The van der Waals surface area contributed by atoms with Crippen molar-refractivity contribution in [2.75, 3.05) is 0 Å². The van der Waals surface area contributed by atoms with Crippen molar-refractivity contribution in [1.29, 1.82) is 0 Å². The molecule has 0 radical (unpaired) electrons. The van der Waals surface area contributed by atoms with E-state index in [0.29, 0.717) is 4.47 Å². The fraction of sp³-hybridized carbons (Fsp3) is 0.350. The van der Waals surface area contributed by atoms with Gasteiger partial charge in [0.25, 0.3) is 5.91 Å². The van der Waals surface area contributed by atoms with Crippen LogP contribution in [0.5, 0.6) is 5.75 Å². The van der Waals surface area contributed by atoms with Gasteiger partial charge in [-0.05, 0) is 41.7 Å². The van der Waals surface area contributed by atoms with Crippen molar-refractivity contribution in [3.05, 3.63) is 63.6 Å². The van der Waals surface area contributed by atoms with Crippen LogP contribution in [0.2, 0.25) is 0 Å². The average Bonchev–Trinajstić information content (AvgIpc) is 2.55. The van der Waals surface area contributed by atoms with Crippen molar-refractivity contribution < 1.29 is 18.3 Å². The van der Waals surface area contributed by atoms with Crippen LogP contribution in [0.3, 0.4) is 0 Å². The lowest BCUT2D eigenvalue weighted by molar-refractivity contribution is -0.0501. The lowest BCUT2D eigenvalue weighted by Crippen LogP contribution is -2.27. The first-order chi connectivity index (χ1) is 12.1. The van der Waals surface area contributed by atoms with Gasteiger partial charge in [0.2, 0.25) is 0 Å². The first kappa shape index (κ1) is 20.4. The van der Waals surface area contributed by atoms with Crippen LogP contribution in [0.1, 0.15) is 55.2 Å². The topological polar surface area (TPSA) is 38.3 Å². The molecule has 6 heteroatoms. The number of carbonyl (C=O) groups excluding carboxylic acids is 1. The highest BCUT2D eigenvalue weighted by Crippen LogP contribution is 2.27. The second-order valence-corrected chi connectivity index (χ2v) is 8.00. The second-order valence-electron chi connectivity index (χ2n) is 7.09. The highest BCUT2D eigenvalue weighted by Gasteiger charge is 2.19. The molecule has 0 aliphatic heterocycles. The third-order valence-electron chi connectivity index (χ3n) is 4.03. The van der Waals surface area contributed by atoms with Gasteiger partial charge in [-0.3, -0.25) is 4.79 Å². The summed E-state index contributed by atoms with van der Waals surface area (Å²) in [6.07, 6.45) is 0. The van der Waals surface area contributed by atoms with Crippen molar-refractivity contribution in [2.24, 2.45) is 0 Å². The van der Waals surface area contributed by atoms with E-state index in [2.05, 4.69) is 46.8 Å². The van der Waals surface area contributed by atoms with Crippen molar-refractivity contribution >= 4 is 21.8 Å². The van der Waals surface area contributed by atoms with Crippen molar-refractivity contribution in [2.45, 2.75) is 45.8 Å². The summed E-state index contributed by atoms with van der Waals surface area (Å²) in [7, 11) is 0. The van der Waals surface area contributed by atoms with E-state index >= 15 is 0 Å². The number of ether oxygens (including phenoxy) is 1. The number of benzene rings is 2. The molecule has 1 atom stereocenters. The lowest BCUT2D eigenvalue weighted by Gasteiger charge is -2.21. The average molecular weight is 426 g/mol. The van der Waals surface area contributed by atoms with Crippen LogP contribution in [-0.4, -0.2) is 12.5 Å². The van der Waals surface area contributed by atoms with Gasteiger partial charge in [-0.25, -0.2) is 0 Å². The normalized spacial score (nSPS) is 12.8. The van der Waals surface area contributed by atoms with Crippen LogP contribution in [0.15, 0.2) is 46.9 Å². The zero-order valence-electron chi connectivity index (χ0n) is 15.1. The Bertz CT molecular complexity index is 770. The minimum atomic E-state index is -3.00. The molecule has 1 amide bonds. The molecule has 3 nitrogen and oxygen atoms in total. The number of nitrogens with one attached hydrogen (secondary N) is 1. The zero-order valence-corrected chi connectivity index (χ0v) is 16.7. The van der Waals surface area contributed by atoms with E-state index in [9.17, 15) is 13.6 Å². The Kier molecular flexibility index (Phi) is 6.39. The lowest BCUT2D eigenvalue weighted by atomic mass is 9.86. The fourth-order valence-electron chi connectivity index (χ4n) is 2.51. The van der Waals surface area contributed by atoms with Gasteiger partial charge in [0.1, 0.15) is 5.75 Å². The molecule has 2 aromatic carbocycles. The largest absolute Gasteiger partial charge is 0.434 e. The maximum Gasteiger partial charge on any atom is 0.387 e. The predicted molar refractivity (Wildman–Crippen MR) is 102 cm³/mol. The van der Waals surface area contributed by atoms with Gasteiger partial charge in [0.15, 0.2) is 0 Å². The molecule has 1 N–H and O–H groups in total. The number of amides is 1. The molecule has 0 fully saturated rings. The van der Waals surface area contributed by atoms with Gasteiger partial charge in [0, 0.05) is 4.47 Å². The molecule has 2 rings (SSSR count). The molecule has 0 spiro atoms. The highest BCUT2D eigenvalue weighted by atomic mass is 79.9. The standard InChI is InChI=1S/C20H22BrF2NO2/c1-12(13-5-7-14(8-6-13)20(2,3)4)24-18(25)16-11-15(21)9-10-17(16)26-19(22)23/h5-12,19H,1-4H3,(H,24,25)/t12-/m0/s1. The van der Waals surface area contributed by atoms with Crippen molar-refractivity contribution in [3.8, 4) is 5.75 Å². The minimum absolute atomic E-state index is 0.0445. The molecule has 0 aromatic heterocycles. The van der Waals surface area contributed by atoms with Crippen LogP contribution in [0.4, 0.5) is 8.78 Å². The monoisotopic (exact) mass is 425 g/mol. The second kappa shape index (κ2) is 8.16. The van der Waals surface area contributed by atoms with E-state index in [4.69, 9.17) is 0 Å². The third-order valence-corrected chi connectivity index (χ3v) is 4.52. The Balaban J connectivity index is 2.18. The van der Waals surface area contributed by atoms with Crippen molar-refractivity contribution in [3.63, 3.8) is 0 Å². The third kappa shape index (κ3) is 5.27. The fourth-order valence-corrected chi connectivity index (χ4v) is 2.87. The van der Waals surface area contributed by atoms with E-state index in [-0.39, 0.29) is 22.8 Å². The van der Waals surface area contributed by atoms with Gasteiger partial charge in [0.05, 0.1) is 11.6 Å². The highest BCUT2D eigenvalue weighted by molar-refractivity contribution is 9.10. The van der Waals surface area contributed by atoms with Gasteiger partial charge in [-0.1, -0.05) is 61.0 Å². The molecule has 0 aliphatic rings. The molecular weight excluding hydrogens is 404 g/mol. The molecule has 0 bridgehead atoms. The molecule has 0 unspecified atom stereocenters. The summed E-state index contributed by atoms with van der Waals surface area (Å²) < 4.78 is 30.2. The minimum Gasteiger partial charge on any atom is -0.434 e. The van der Waals surface area contributed by atoms with E-state index in [1.54, 1.807) is 6.07 Å². The number of hydrogen-bond acceptors (Lipinski definition) is 2. The quantitative estimate of drug-likeness (QED) is 0.653. The Labute approximate surface area is 160 Å². The van der Waals surface area contributed by atoms with Crippen LogP contribution < -0.4 is 10.1 Å². The molecule has 0 saturated heterocycles. The summed E-state index contributed by atoms with van der Waals surface area (Å²) in [5.41, 5.74) is 2.22. The van der Waals surface area contributed by atoms with E-state index < -0.39 is 12.5 Å². The van der Waals surface area contributed by atoms with E-state index in [1.807, 2.05) is 31.2 Å². The van der Waals surface area contributed by atoms with Gasteiger partial charge in [-0.15, -0.1) is 0 Å². The Morgan fingerprint density at radius 3 is 2.27 bits per heavy atom. The zero-order chi connectivity index (χ0) is 19.5. The van der Waals surface area contributed by atoms with Crippen LogP contribution >= 0.6 is 15.9 Å². The maximum absolute atomic E-state index is 12.6. The molecular formula is C20H22BrF2NO2. The first-order valence-corrected chi connectivity index (χ1v) is 9.03. The molecule has 26 heavy (non-hydrogen) atoms. The Morgan fingerprint density at radius 2 is 1.73 bits per heavy atom. The van der Waals surface area contributed by atoms with Gasteiger partial charge in [-0.2, -0.15) is 8.78 Å². The summed E-state index contributed by atoms with van der Waals surface area (Å²) >= 11 is 3.25. The van der Waals surface area contributed by atoms with E-state index in [1.165, 1.54) is 17.7 Å². The molecule has 0 saturated carbocycles. The van der Waals surface area contributed by atoms with E-state index in [0.717, 1.165) is 5.56 Å². The maximum atomic E-state index is 12.6. The Hall–Kier alpha value is -1.95. The number of carbonyl (C=O) groups is 1. The van der Waals surface area contributed by atoms with Crippen LogP contribution in [0, 0.1) is 0 Å². The number of rotatable bonds is 5. The molecule has 140 valence electrons. The van der Waals surface area contributed by atoms with Crippen LogP contribution in [-0.2, 0) is 5.41 Å². The summed E-state index contributed by atoms with van der Waals surface area (Å²) in [6.45, 7) is 5.24. The summed E-state index contributed by atoms with van der Waals surface area (Å²) in [5.74, 6) is -0.634. The number of alkyl halides is 2. The summed E-state index contributed by atoms with van der Waals surface area (Å²) in [4.78, 5) is 12.6. The predicted octanol–water partition coefficient (Wildman–Crippen LogP) is 5.84. The number of halogens is 3. The summed E-state index contributed by atoms with van der Waals surface area (Å²) in [6, 6.07) is 12.0. The smallest absolute Gasteiger partial charge is 0.387 e. The molecule has 0 aliphatic carbocycles. The first-order valence-electron chi connectivity index (χ1n) is 8.23. The molecule has 2 aromatic rings. The van der Waals surface area contributed by atoms with Crippen molar-refractivity contribution in [1.82, 2.24) is 5.32 Å². The SMILES string of the molecule is C[C@H](NC(=O)c1cc(Br)ccc1OC(F)F)c1ccc(C(C)(C)C)cc1. The number of hydrogen-bond donors (Lipinski definition) is 1. The van der Waals surface area contributed by atoms with Gasteiger partial charge >= 0.3 is 6.61 Å². The van der Waals surface area contributed by atoms with Crippen LogP contribution in [0.25, 0.3) is 0 Å². The molecule has 0 heterocycles.